The van der Waals surface area contributed by atoms with Gasteiger partial charge in [-0.15, -0.1) is 0 Å². The first-order valence-corrected chi connectivity index (χ1v) is 13.3. The molecule has 5 rings (SSSR count). The second-order valence-corrected chi connectivity index (χ2v) is 11.1. The highest BCUT2D eigenvalue weighted by molar-refractivity contribution is 6.56. The molecule has 0 spiro atoms. The minimum atomic E-state index is -0.807. The standard InChI is InChI=1S/C32H32BNO6/c1-31(2)32(3,4)40-33(39-31)23(16-28-21(18-35)10-9-11-22(28)19-36)17-34-30(37)38-20-29-26-14-7-5-12-24(26)25-13-6-8-15-27(25)29/h5-16,18-19,29H,17,20H2,1-4H3,(H,34,37). The van der Waals surface area contributed by atoms with Crippen LogP contribution in [0.15, 0.2) is 72.2 Å². The van der Waals surface area contributed by atoms with Crippen LogP contribution in [-0.2, 0) is 14.0 Å². The van der Waals surface area contributed by atoms with Crippen molar-refractivity contribution in [2.24, 2.45) is 0 Å². The van der Waals surface area contributed by atoms with Crippen LogP contribution in [0.2, 0.25) is 0 Å². The lowest BCUT2D eigenvalue weighted by atomic mass is 9.76. The summed E-state index contributed by atoms with van der Waals surface area (Å²) >= 11 is 0. The van der Waals surface area contributed by atoms with Gasteiger partial charge in [0.2, 0.25) is 0 Å². The van der Waals surface area contributed by atoms with E-state index < -0.39 is 24.4 Å². The Morgan fingerprint density at radius 3 is 1.90 bits per heavy atom. The maximum Gasteiger partial charge on any atom is 0.492 e. The van der Waals surface area contributed by atoms with Gasteiger partial charge in [0.25, 0.3) is 0 Å². The minimum absolute atomic E-state index is 0.0268. The zero-order valence-corrected chi connectivity index (χ0v) is 23.1. The number of alkyl carbamates (subject to hydrolysis) is 1. The molecule has 0 atom stereocenters. The molecule has 1 N–H and O–H groups in total. The van der Waals surface area contributed by atoms with Gasteiger partial charge in [-0.05, 0) is 61.0 Å². The number of nitrogens with one attached hydrogen (secondary N) is 1. The third kappa shape index (κ3) is 5.12. The van der Waals surface area contributed by atoms with Crippen molar-refractivity contribution in [2.75, 3.05) is 13.2 Å². The number of hydrogen-bond donors (Lipinski definition) is 1. The van der Waals surface area contributed by atoms with Crippen molar-refractivity contribution < 1.29 is 28.4 Å². The van der Waals surface area contributed by atoms with Crippen LogP contribution in [-0.4, -0.2) is 50.1 Å². The number of ether oxygens (including phenoxy) is 1. The van der Waals surface area contributed by atoms with Gasteiger partial charge < -0.3 is 19.4 Å². The predicted octanol–water partition coefficient (Wildman–Crippen LogP) is 5.87. The highest BCUT2D eigenvalue weighted by atomic mass is 16.7. The molecular weight excluding hydrogens is 505 g/mol. The second-order valence-electron chi connectivity index (χ2n) is 11.1. The Bertz CT molecular complexity index is 1410. The van der Waals surface area contributed by atoms with Crippen LogP contribution < -0.4 is 5.32 Å². The van der Waals surface area contributed by atoms with E-state index in [-0.39, 0.29) is 19.1 Å². The first-order chi connectivity index (χ1) is 19.1. The van der Waals surface area contributed by atoms with Crippen molar-refractivity contribution in [3.63, 3.8) is 0 Å². The largest absolute Gasteiger partial charge is 0.492 e. The molecule has 3 aromatic carbocycles. The molecule has 1 amide bonds. The van der Waals surface area contributed by atoms with Crippen LogP contribution in [0.4, 0.5) is 4.79 Å². The number of aldehydes is 2. The van der Waals surface area contributed by atoms with Crippen LogP contribution in [0.5, 0.6) is 0 Å². The van der Waals surface area contributed by atoms with Gasteiger partial charge in [0.15, 0.2) is 12.6 Å². The molecule has 7 nitrogen and oxygen atoms in total. The van der Waals surface area contributed by atoms with Crippen molar-refractivity contribution in [1.82, 2.24) is 5.32 Å². The molecule has 0 aromatic heterocycles. The van der Waals surface area contributed by atoms with E-state index in [1.54, 1.807) is 24.3 Å². The fraction of sp³-hybridized carbons (Fsp3) is 0.281. The molecule has 2 aliphatic rings. The Labute approximate surface area is 234 Å². The van der Waals surface area contributed by atoms with Gasteiger partial charge in [-0.25, -0.2) is 4.79 Å². The van der Waals surface area contributed by atoms with E-state index in [0.29, 0.717) is 34.7 Å². The number of fused-ring (bicyclic) bond motifs is 3. The molecule has 204 valence electrons. The van der Waals surface area contributed by atoms with E-state index in [2.05, 4.69) is 29.6 Å². The van der Waals surface area contributed by atoms with Crippen molar-refractivity contribution in [3.8, 4) is 11.1 Å². The Hall–Kier alpha value is -4.01. The molecule has 0 saturated carbocycles. The minimum Gasteiger partial charge on any atom is -0.449 e. The topological polar surface area (TPSA) is 90.9 Å². The maximum absolute atomic E-state index is 12.9. The molecule has 1 saturated heterocycles. The fourth-order valence-electron chi connectivity index (χ4n) is 5.18. The third-order valence-electron chi connectivity index (χ3n) is 8.09. The maximum atomic E-state index is 12.9. The lowest BCUT2D eigenvalue weighted by Crippen LogP contribution is -2.41. The Kier molecular flexibility index (Phi) is 7.49. The molecular formula is C32H32BNO6. The summed E-state index contributed by atoms with van der Waals surface area (Å²) in [5.41, 5.74) is 4.98. The number of carbonyl (C=O) groups is 3. The first kappa shape index (κ1) is 27.6. The van der Waals surface area contributed by atoms with Gasteiger partial charge in [-0.3, -0.25) is 9.59 Å². The van der Waals surface area contributed by atoms with E-state index in [0.717, 1.165) is 22.3 Å². The smallest absolute Gasteiger partial charge is 0.449 e. The summed E-state index contributed by atoms with van der Waals surface area (Å²) < 4.78 is 18.2. The van der Waals surface area contributed by atoms with Crippen molar-refractivity contribution in [1.29, 1.82) is 0 Å². The second kappa shape index (κ2) is 10.9. The Balaban J connectivity index is 1.36. The molecule has 8 heteroatoms. The number of rotatable bonds is 8. The van der Waals surface area contributed by atoms with Crippen LogP contribution in [0.3, 0.4) is 0 Å². The summed E-state index contributed by atoms with van der Waals surface area (Å²) in [6, 6.07) is 21.2. The third-order valence-corrected chi connectivity index (χ3v) is 8.09. The van der Waals surface area contributed by atoms with E-state index >= 15 is 0 Å². The summed E-state index contributed by atoms with van der Waals surface area (Å²) in [4.78, 5) is 36.5. The van der Waals surface area contributed by atoms with Gasteiger partial charge in [-0.1, -0.05) is 72.8 Å². The summed E-state index contributed by atoms with van der Waals surface area (Å²) in [5.74, 6) is -0.0640. The van der Waals surface area contributed by atoms with Crippen LogP contribution in [0.1, 0.15) is 71.0 Å². The quantitative estimate of drug-likeness (QED) is 0.286. The van der Waals surface area contributed by atoms with E-state index in [9.17, 15) is 14.4 Å². The van der Waals surface area contributed by atoms with Crippen molar-refractivity contribution >= 4 is 31.9 Å². The van der Waals surface area contributed by atoms with Crippen molar-refractivity contribution in [2.45, 2.75) is 44.8 Å². The van der Waals surface area contributed by atoms with Gasteiger partial charge in [-0.2, -0.15) is 0 Å². The summed E-state index contributed by atoms with van der Waals surface area (Å²) in [6.07, 6.45) is 2.47. The van der Waals surface area contributed by atoms with Gasteiger partial charge in [0.1, 0.15) is 6.61 Å². The molecule has 0 bridgehead atoms. The van der Waals surface area contributed by atoms with Crippen LogP contribution >= 0.6 is 0 Å². The normalized spacial score (nSPS) is 17.2. The van der Waals surface area contributed by atoms with Gasteiger partial charge in [0.05, 0.1) is 11.2 Å². The van der Waals surface area contributed by atoms with E-state index in [1.165, 1.54) is 0 Å². The molecule has 1 fully saturated rings. The Morgan fingerprint density at radius 2 is 1.38 bits per heavy atom. The van der Waals surface area contributed by atoms with Crippen LogP contribution in [0.25, 0.3) is 17.2 Å². The zero-order chi connectivity index (χ0) is 28.5. The fourth-order valence-corrected chi connectivity index (χ4v) is 5.18. The number of carbonyl (C=O) groups excluding carboxylic acids is 3. The SMILES string of the molecule is CC1(C)OB(C(=Cc2c(C=O)cccc2C=O)CNC(=O)OCC2c3ccccc3-c3ccccc32)OC1(C)C. The lowest BCUT2D eigenvalue weighted by Gasteiger charge is -2.32. The number of hydrogen-bond acceptors (Lipinski definition) is 6. The molecule has 3 aromatic rings. The molecule has 0 radical (unpaired) electrons. The van der Waals surface area contributed by atoms with Gasteiger partial charge in [0, 0.05) is 23.6 Å². The summed E-state index contributed by atoms with van der Waals surface area (Å²) in [5, 5.41) is 2.82. The van der Waals surface area contributed by atoms with E-state index in [1.807, 2.05) is 52.0 Å². The molecule has 1 heterocycles. The van der Waals surface area contributed by atoms with Crippen molar-refractivity contribution in [3.05, 3.63) is 100 Å². The highest BCUT2D eigenvalue weighted by Gasteiger charge is 2.52. The molecule has 40 heavy (non-hydrogen) atoms. The molecule has 1 aliphatic carbocycles. The average Bonchev–Trinajstić information content (AvgIpc) is 3.38. The first-order valence-electron chi connectivity index (χ1n) is 13.3. The monoisotopic (exact) mass is 537 g/mol. The average molecular weight is 537 g/mol. The zero-order valence-electron chi connectivity index (χ0n) is 23.1. The molecule has 1 aliphatic heterocycles. The molecule has 0 unspecified atom stereocenters. The number of benzene rings is 3. The van der Waals surface area contributed by atoms with Gasteiger partial charge >= 0.3 is 13.2 Å². The summed E-state index contributed by atoms with van der Waals surface area (Å²) in [7, 11) is -0.807. The summed E-state index contributed by atoms with van der Waals surface area (Å²) in [6.45, 7) is 7.93. The lowest BCUT2D eigenvalue weighted by molar-refractivity contribution is 0.00578. The number of amides is 1. The highest BCUT2D eigenvalue weighted by Crippen LogP contribution is 2.44. The predicted molar refractivity (Wildman–Crippen MR) is 154 cm³/mol. The van der Waals surface area contributed by atoms with Crippen LogP contribution in [0, 0.1) is 0 Å². The van der Waals surface area contributed by atoms with E-state index in [4.69, 9.17) is 14.0 Å². The Morgan fingerprint density at radius 1 is 0.850 bits per heavy atom.